The summed E-state index contributed by atoms with van der Waals surface area (Å²) in [6.07, 6.45) is -4.23. The molecule has 4 N–H and O–H groups in total. The first-order valence-electron chi connectivity index (χ1n) is 6.27. The van der Waals surface area contributed by atoms with Gasteiger partial charge in [-0.25, -0.2) is 9.36 Å². The van der Waals surface area contributed by atoms with Gasteiger partial charge >= 0.3 is 13.5 Å². The van der Waals surface area contributed by atoms with Crippen molar-refractivity contribution >= 4 is 13.6 Å². The summed E-state index contributed by atoms with van der Waals surface area (Å²) in [5, 5.41) is 12.7. The van der Waals surface area contributed by atoms with E-state index >= 15 is 0 Å². The summed E-state index contributed by atoms with van der Waals surface area (Å²) in [6, 6.07) is 0. The fraction of sp³-hybridized carbons (Fsp3) is 0.556. The molecule has 0 spiro atoms. The van der Waals surface area contributed by atoms with Gasteiger partial charge in [0.05, 0.1) is 12.7 Å². The highest BCUT2D eigenvalue weighted by Crippen LogP contribution is 2.38. The van der Waals surface area contributed by atoms with Gasteiger partial charge in [-0.05, 0) is 10.6 Å². The molecule has 13 nitrogen and oxygen atoms in total. The highest BCUT2D eigenvalue weighted by Gasteiger charge is 2.38. The number of hydrogen-bond donors (Lipinski definition) is 4. The van der Waals surface area contributed by atoms with E-state index in [2.05, 4.69) is 14.5 Å². The van der Waals surface area contributed by atoms with Crippen LogP contribution in [0.5, 0.6) is 0 Å². The number of hydrogen-bond acceptors (Lipinski definition) is 7. The van der Waals surface area contributed by atoms with Crippen molar-refractivity contribution in [1.29, 1.82) is 0 Å². The van der Waals surface area contributed by atoms with Gasteiger partial charge in [0.25, 0.3) is 5.56 Å². The zero-order chi connectivity index (χ0) is 18.1. The van der Waals surface area contributed by atoms with E-state index < -0.39 is 55.7 Å². The van der Waals surface area contributed by atoms with Crippen LogP contribution in [0.15, 0.2) is 14.7 Å². The number of H-pyrrole nitrogens is 1. The molecule has 0 bridgehead atoms. The molecule has 1 fully saturated rings. The average Bonchev–Trinajstić information content (AvgIpc) is 2.82. The molecule has 2 heterocycles. The van der Waals surface area contributed by atoms with E-state index in [0.29, 0.717) is 4.57 Å². The SMILES string of the molecule is [N-]=[N+]=Nc1c(F)c(=O)[nH]c(=O)n1[C@H]1C[C@H](O)[C@@H](COP(=O)(O)O)O1. The van der Waals surface area contributed by atoms with Crippen molar-refractivity contribution in [3.05, 3.63) is 37.1 Å². The summed E-state index contributed by atoms with van der Waals surface area (Å²) < 4.78 is 34.3. The lowest BCUT2D eigenvalue weighted by Gasteiger charge is -2.17. The summed E-state index contributed by atoms with van der Waals surface area (Å²) in [6.45, 7) is -0.709. The monoisotopic (exact) mass is 367 g/mol. The van der Waals surface area contributed by atoms with Crippen molar-refractivity contribution in [3.8, 4) is 0 Å². The number of aromatic nitrogens is 2. The van der Waals surface area contributed by atoms with Crippen LogP contribution in [0.3, 0.4) is 0 Å². The van der Waals surface area contributed by atoms with E-state index in [1.165, 1.54) is 0 Å². The molecule has 0 saturated carbocycles. The Labute approximate surface area is 131 Å². The highest BCUT2D eigenvalue weighted by atomic mass is 31.2. The van der Waals surface area contributed by atoms with Crippen molar-refractivity contribution in [1.82, 2.24) is 9.55 Å². The zero-order valence-corrected chi connectivity index (χ0v) is 12.5. The predicted molar refractivity (Wildman–Crippen MR) is 72.6 cm³/mol. The van der Waals surface area contributed by atoms with Crippen molar-refractivity contribution in [2.24, 2.45) is 5.11 Å². The number of phosphoric ester groups is 1. The molecule has 132 valence electrons. The number of rotatable bonds is 5. The van der Waals surface area contributed by atoms with Crippen molar-refractivity contribution in [2.45, 2.75) is 24.9 Å². The van der Waals surface area contributed by atoms with Crippen LogP contribution >= 0.6 is 7.82 Å². The first kappa shape index (κ1) is 18.3. The van der Waals surface area contributed by atoms with E-state index in [1.54, 1.807) is 4.98 Å². The Hall–Kier alpha value is -2.05. The Morgan fingerprint density at radius 1 is 1.54 bits per heavy atom. The lowest BCUT2D eigenvalue weighted by Crippen LogP contribution is -2.34. The van der Waals surface area contributed by atoms with E-state index in [0.717, 1.165) is 0 Å². The smallest absolute Gasteiger partial charge is 0.390 e. The van der Waals surface area contributed by atoms with Crippen LogP contribution in [0, 0.1) is 5.82 Å². The van der Waals surface area contributed by atoms with Crippen LogP contribution in [-0.2, 0) is 13.8 Å². The molecule has 0 amide bonds. The van der Waals surface area contributed by atoms with Gasteiger partial charge in [0.15, 0.2) is 5.82 Å². The minimum atomic E-state index is -4.81. The predicted octanol–water partition coefficient (Wildman–Crippen LogP) is -0.625. The summed E-state index contributed by atoms with van der Waals surface area (Å²) in [4.78, 5) is 44.3. The molecule has 1 saturated heterocycles. The van der Waals surface area contributed by atoms with Crippen molar-refractivity contribution in [3.63, 3.8) is 0 Å². The molecule has 1 aromatic heterocycles. The normalized spacial score (nSPS) is 23.9. The summed E-state index contributed by atoms with van der Waals surface area (Å²) in [7, 11) is -4.81. The van der Waals surface area contributed by atoms with Crippen LogP contribution in [0.4, 0.5) is 10.2 Å². The minimum Gasteiger partial charge on any atom is -0.390 e. The maximum absolute atomic E-state index is 13.8. The Balaban J connectivity index is 2.35. The Bertz CT molecular complexity index is 841. The van der Waals surface area contributed by atoms with E-state index in [1.807, 2.05) is 0 Å². The van der Waals surface area contributed by atoms with Crippen LogP contribution in [0.2, 0.25) is 0 Å². The van der Waals surface area contributed by atoms with Gasteiger partial charge in [0.2, 0.25) is 5.82 Å². The standard InChI is InChI=1S/C9H11FN5O8P/c10-6-7(13-14-11)15(9(18)12-8(6)17)5-1-3(16)4(23-5)2-22-24(19,20)21/h3-5,16H,1-2H2,(H,12,17,18)(H2,19,20,21)/t3-,4+,5+/m0/s1. The van der Waals surface area contributed by atoms with Gasteiger partial charge < -0.3 is 19.6 Å². The largest absolute Gasteiger partial charge is 0.469 e. The summed E-state index contributed by atoms with van der Waals surface area (Å²) in [5.41, 5.74) is 5.88. The number of ether oxygens (including phenoxy) is 1. The van der Waals surface area contributed by atoms with Crippen LogP contribution in [-0.4, -0.2) is 43.3 Å². The number of nitrogens with zero attached hydrogens (tertiary/aromatic N) is 4. The van der Waals surface area contributed by atoms with Crippen molar-refractivity contribution < 1.29 is 33.1 Å². The molecule has 0 unspecified atom stereocenters. The number of aliphatic hydroxyl groups excluding tert-OH is 1. The summed E-state index contributed by atoms with van der Waals surface area (Å²) >= 11 is 0. The van der Waals surface area contributed by atoms with Gasteiger partial charge in [-0.1, -0.05) is 0 Å². The molecule has 15 heteroatoms. The number of aromatic amines is 1. The molecule has 1 aliphatic rings. The van der Waals surface area contributed by atoms with Crippen molar-refractivity contribution in [2.75, 3.05) is 6.61 Å². The van der Waals surface area contributed by atoms with Gasteiger partial charge in [-0.2, -0.15) is 4.39 Å². The van der Waals surface area contributed by atoms with Gasteiger partial charge in [-0.3, -0.25) is 18.9 Å². The van der Waals surface area contributed by atoms with Crippen LogP contribution in [0.25, 0.3) is 10.4 Å². The molecule has 0 aromatic carbocycles. The second kappa shape index (κ2) is 6.83. The van der Waals surface area contributed by atoms with Crippen LogP contribution in [0.1, 0.15) is 12.6 Å². The van der Waals surface area contributed by atoms with E-state index in [-0.39, 0.29) is 6.42 Å². The first-order chi connectivity index (χ1) is 11.1. The Morgan fingerprint density at radius 2 is 2.21 bits per heavy atom. The second-order valence-corrected chi connectivity index (χ2v) is 5.91. The number of halogens is 1. The number of phosphoric acid groups is 1. The lowest BCUT2D eigenvalue weighted by atomic mass is 10.2. The molecule has 24 heavy (non-hydrogen) atoms. The fourth-order valence-corrected chi connectivity index (χ4v) is 2.45. The third kappa shape index (κ3) is 3.88. The zero-order valence-electron chi connectivity index (χ0n) is 11.6. The molecular weight excluding hydrogens is 356 g/mol. The number of nitrogens with one attached hydrogen (secondary N) is 1. The molecule has 1 aliphatic heterocycles. The lowest BCUT2D eigenvalue weighted by molar-refractivity contribution is -0.0447. The topological polar surface area (TPSA) is 200 Å². The first-order valence-corrected chi connectivity index (χ1v) is 7.80. The molecule has 1 aromatic rings. The number of aliphatic hydroxyl groups is 1. The maximum Gasteiger partial charge on any atom is 0.469 e. The molecule has 0 radical (unpaired) electrons. The van der Waals surface area contributed by atoms with E-state index in [9.17, 15) is 23.7 Å². The molecule has 0 aliphatic carbocycles. The Morgan fingerprint density at radius 3 is 2.79 bits per heavy atom. The maximum atomic E-state index is 13.8. The highest BCUT2D eigenvalue weighted by molar-refractivity contribution is 7.46. The number of azide groups is 1. The molecular formula is C9H11FN5O8P. The van der Waals surface area contributed by atoms with Gasteiger partial charge in [0.1, 0.15) is 12.3 Å². The van der Waals surface area contributed by atoms with Gasteiger partial charge in [0, 0.05) is 11.3 Å². The second-order valence-electron chi connectivity index (χ2n) is 4.67. The average molecular weight is 367 g/mol. The molecule has 2 rings (SSSR count). The summed E-state index contributed by atoms with van der Waals surface area (Å²) in [5.74, 6) is -2.47. The Kier molecular flexibility index (Phi) is 5.20. The molecule has 3 atom stereocenters. The quantitative estimate of drug-likeness (QED) is 0.228. The van der Waals surface area contributed by atoms with Crippen LogP contribution < -0.4 is 11.2 Å². The fourth-order valence-electron chi connectivity index (χ4n) is 2.11. The van der Waals surface area contributed by atoms with E-state index in [4.69, 9.17) is 20.1 Å². The third-order valence-electron chi connectivity index (χ3n) is 3.10. The third-order valence-corrected chi connectivity index (χ3v) is 3.59. The van der Waals surface area contributed by atoms with Gasteiger partial charge in [-0.15, -0.1) is 0 Å². The minimum absolute atomic E-state index is 0.311.